The van der Waals surface area contributed by atoms with Crippen molar-refractivity contribution < 1.29 is 9.85 Å². The van der Waals surface area contributed by atoms with E-state index in [0.717, 1.165) is 0 Å². The van der Waals surface area contributed by atoms with Gasteiger partial charge in [0.05, 0.1) is 9.85 Å². The van der Waals surface area contributed by atoms with E-state index < -0.39 is 9.85 Å². The van der Waals surface area contributed by atoms with Gasteiger partial charge in [0.15, 0.2) is 0 Å². The fourth-order valence-electron chi connectivity index (χ4n) is 1.63. The topological polar surface area (TPSA) is 110 Å². The monoisotopic (exact) mass is 308 g/mol. The first-order chi connectivity index (χ1) is 9.99. The van der Waals surface area contributed by atoms with Crippen LogP contribution in [0.15, 0.2) is 42.5 Å². The molecule has 0 fully saturated rings. The summed E-state index contributed by atoms with van der Waals surface area (Å²) < 4.78 is 0. The van der Waals surface area contributed by atoms with Gasteiger partial charge in [0.1, 0.15) is 11.4 Å². The minimum absolute atomic E-state index is 0.141. The molecule has 0 bridgehead atoms. The van der Waals surface area contributed by atoms with Crippen molar-refractivity contribution in [3.8, 4) is 0 Å². The highest BCUT2D eigenvalue weighted by Crippen LogP contribution is 2.29. The molecule has 2 aromatic rings. The molecule has 8 nitrogen and oxygen atoms in total. The lowest BCUT2D eigenvalue weighted by Crippen LogP contribution is -2.11. The SMILES string of the molecule is O=[N+]([O-])c1ccccc1NNc1ccc(Cl)cc1[N+](=O)[O-]. The molecule has 0 atom stereocenters. The van der Waals surface area contributed by atoms with Gasteiger partial charge in [-0.2, -0.15) is 0 Å². The average Bonchev–Trinajstić information content (AvgIpc) is 2.46. The molecule has 0 spiro atoms. The highest BCUT2D eigenvalue weighted by molar-refractivity contribution is 6.30. The Labute approximate surface area is 123 Å². The summed E-state index contributed by atoms with van der Waals surface area (Å²) >= 11 is 5.70. The number of hydrogen-bond donors (Lipinski definition) is 2. The van der Waals surface area contributed by atoms with Crippen LogP contribution in [0.1, 0.15) is 0 Å². The van der Waals surface area contributed by atoms with Crippen LogP contribution in [0.4, 0.5) is 22.7 Å². The van der Waals surface area contributed by atoms with Crippen LogP contribution in [0.5, 0.6) is 0 Å². The molecule has 0 amide bonds. The first kappa shape index (κ1) is 14.5. The standard InChI is InChI=1S/C12H9ClN4O4/c13-8-5-6-10(12(7-8)17(20)21)15-14-9-3-1-2-4-11(9)16(18)19/h1-7,14-15H. The highest BCUT2D eigenvalue weighted by Gasteiger charge is 2.16. The predicted octanol–water partition coefficient (Wildman–Crippen LogP) is 3.60. The number of halogens is 1. The molecule has 0 unspecified atom stereocenters. The number of nitrogens with zero attached hydrogens (tertiary/aromatic N) is 2. The third-order valence-corrected chi connectivity index (χ3v) is 2.82. The quantitative estimate of drug-likeness (QED) is 0.645. The molecule has 0 aliphatic rings. The predicted molar refractivity (Wildman–Crippen MR) is 78.4 cm³/mol. The largest absolute Gasteiger partial charge is 0.295 e. The summed E-state index contributed by atoms with van der Waals surface area (Å²) in [5.74, 6) is 0. The lowest BCUT2D eigenvalue weighted by molar-refractivity contribution is -0.384. The zero-order valence-corrected chi connectivity index (χ0v) is 11.2. The maximum Gasteiger partial charge on any atom is 0.295 e. The Bertz CT molecular complexity index is 707. The van der Waals surface area contributed by atoms with Crippen molar-refractivity contribution >= 4 is 34.4 Å². The number of hydrazine groups is 1. The summed E-state index contributed by atoms with van der Waals surface area (Å²) in [5.41, 5.74) is 5.10. The molecule has 9 heteroatoms. The first-order valence-electron chi connectivity index (χ1n) is 5.68. The number of hydrogen-bond acceptors (Lipinski definition) is 6. The second-order valence-corrected chi connectivity index (χ2v) is 4.38. The molecule has 0 aliphatic heterocycles. The van der Waals surface area contributed by atoms with E-state index in [1.807, 2.05) is 0 Å². The van der Waals surface area contributed by atoms with Crippen LogP contribution in [0.2, 0.25) is 5.02 Å². The Kier molecular flexibility index (Phi) is 4.19. The fraction of sp³-hybridized carbons (Fsp3) is 0. The summed E-state index contributed by atoms with van der Waals surface area (Å²) in [7, 11) is 0. The second kappa shape index (κ2) is 6.06. The van der Waals surface area contributed by atoms with Gasteiger partial charge >= 0.3 is 0 Å². The summed E-state index contributed by atoms with van der Waals surface area (Å²) in [6.07, 6.45) is 0. The molecule has 21 heavy (non-hydrogen) atoms. The van der Waals surface area contributed by atoms with Gasteiger partial charge in [-0.3, -0.25) is 31.1 Å². The molecule has 0 radical (unpaired) electrons. The zero-order chi connectivity index (χ0) is 15.4. The number of anilines is 2. The van der Waals surface area contributed by atoms with Crippen LogP contribution in [0, 0.1) is 20.2 Å². The fourth-order valence-corrected chi connectivity index (χ4v) is 1.80. The van der Waals surface area contributed by atoms with Crippen LogP contribution in [-0.2, 0) is 0 Å². The van der Waals surface area contributed by atoms with Gasteiger partial charge in [-0.15, -0.1) is 0 Å². The third-order valence-electron chi connectivity index (χ3n) is 2.59. The van der Waals surface area contributed by atoms with Crippen molar-refractivity contribution in [1.82, 2.24) is 0 Å². The van der Waals surface area contributed by atoms with E-state index in [1.165, 1.54) is 36.4 Å². The smallest absolute Gasteiger partial charge is 0.294 e. The number of nitro benzene ring substituents is 2. The Morgan fingerprint density at radius 3 is 2.05 bits per heavy atom. The van der Waals surface area contributed by atoms with Crippen LogP contribution < -0.4 is 10.9 Å². The lowest BCUT2D eigenvalue weighted by Gasteiger charge is -2.10. The summed E-state index contributed by atoms with van der Waals surface area (Å²) in [6, 6.07) is 9.99. The number of benzene rings is 2. The number of nitro groups is 2. The van der Waals surface area contributed by atoms with Gasteiger partial charge in [-0.05, 0) is 18.2 Å². The summed E-state index contributed by atoms with van der Waals surface area (Å²) in [4.78, 5) is 20.6. The Hall–Kier alpha value is -2.87. The molecule has 2 N–H and O–H groups in total. The Balaban J connectivity index is 2.25. The van der Waals surface area contributed by atoms with Crippen molar-refractivity contribution in [3.05, 3.63) is 67.7 Å². The molecular formula is C12H9ClN4O4. The van der Waals surface area contributed by atoms with Gasteiger partial charge < -0.3 is 0 Å². The number of rotatable bonds is 5. The van der Waals surface area contributed by atoms with E-state index in [1.54, 1.807) is 6.07 Å². The van der Waals surface area contributed by atoms with Gasteiger partial charge in [0.2, 0.25) is 0 Å². The molecule has 2 aromatic carbocycles. The van der Waals surface area contributed by atoms with Crippen LogP contribution in [-0.4, -0.2) is 9.85 Å². The van der Waals surface area contributed by atoms with Gasteiger partial charge in [0.25, 0.3) is 11.4 Å². The van der Waals surface area contributed by atoms with Crippen molar-refractivity contribution in [3.63, 3.8) is 0 Å². The normalized spacial score (nSPS) is 9.95. The minimum atomic E-state index is -0.602. The maximum absolute atomic E-state index is 10.9. The highest BCUT2D eigenvalue weighted by atomic mass is 35.5. The van der Waals surface area contributed by atoms with E-state index in [4.69, 9.17) is 11.6 Å². The van der Waals surface area contributed by atoms with E-state index in [-0.39, 0.29) is 27.8 Å². The zero-order valence-electron chi connectivity index (χ0n) is 10.4. The van der Waals surface area contributed by atoms with Crippen LogP contribution >= 0.6 is 11.6 Å². The number of para-hydroxylation sites is 2. The van der Waals surface area contributed by atoms with Gasteiger partial charge in [0, 0.05) is 17.2 Å². The average molecular weight is 309 g/mol. The van der Waals surface area contributed by atoms with E-state index in [0.29, 0.717) is 0 Å². The van der Waals surface area contributed by atoms with Crippen molar-refractivity contribution in [2.45, 2.75) is 0 Å². The third kappa shape index (κ3) is 3.37. The van der Waals surface area contributed by atoms with Crippen LogP contribution in [0.25, 0.3) is 0 Å². The molecule has 0 aliphatic carbocycles. The molecule has 2 rings (SSSR count). The molecule has 0 saturated carbocycles. The maximum atomic E-state index is 10.9. The molecule has 0 heterocycles. The van der Waals surface area contributed by atoms with Gasteiger partial charge in [-0.25, -0.2) is 0 Å². The van der Waals surface area contributed by atoms with Crippen molar-refractivity contribution in [2.75, 3.05) is 10.9 Å². The molecule has 108 valence electrons. The van der Waals surface area contributed by atoms with Crippen molar-refractivity contribution in [2.24, 2.45) is 0 Å². The van der Waals surface area contributed by atoms with E-state index in [9.17, 15) is 20.2 Å². The first-order valence-corrected chi connectivity index (χ1v) is 6.06. The summed E-state index contributed by atoms with van der Waals surface area (Å²) in [5, 5.41) is 22.0. The van der Waals surface area contributed by atoms with Gasteiger partial charge in [-0.1, -0.05) is 23.7 Å². The minimum Gasteiger partial charge on any atom is -0.294 e. The lowest BCUT2D eigenvalue weighted by atomic mass is 10.2. The molecule has 0 saturated heterocycles. The molecule has 0 aromatic heterocycles. The second-order valence-electron chi connectivity index (χ2n) is 3.94. The number of nitrogens with one attached hydrogen (secondary N) is 2. The molecular weight excluding hydrogens is 300 g/mol. The van der Waals surface area contributed by atoms with Crippen molar-refractivity contribution in [1.29, 1.82) is 0 Å². The Morgan fingerprint density at radius 1 is 0.857 bits per heavy atom. The van der Waals surface area contributed by atoms with Crippen LogP contribution in [0.3, 0.4) is 0 Å². The van der Waals surface area contributed by atoms with E-state index >= 15 is 0 Å². The van der Waals surface area contributed by atoms with E-state index in [2.05, 4.69) is 10.9 Å². The summed E-state index contributed by atoms with van der Waals surface area (Å²) in [6.45, 7) is 0. The Morgan fingerprint density at radius 2 is 1.43 bits per heavy atom.